The summed E-state index contributed by atoms with van der Waals surface area (Å²) in [5.41, 5.74) is 0. The Hall–Kier alpha value is 1.98. The van der Waals surface area contributed by atoms with E-state index in [2.05, 4.69) is 0 Å². The van der Waals surface area contributed by atoms with E-state index >= 15 is 0 Å². The van der Waals surface area contributed by atoms with E-state index in [0.717, 1.165) is 0 Å². The van der Waals surface area contributed by atoms with Gasteiger partial charge in [0.2, 0.25) is 0 Å². The van der Waals surface area contributed by atoms with Gasteiger partial charge in [-0.3, -0.25) is 0 Å². The fourth-order valence-corrected chi connectivity index (χ4v) is 0. The molecule has 0 saturated heterocycles. The predicted molar refractivity (Wildman–Crippen MR) is 3.59 cm³/mol. The van der Waals surface area contributed by atoms with Gasteiger partial charge in [-0.25, -0.2) is 0 Å². The van der Waals surface area contributed by atoms with Crippen molar-refractivity contribution in [2.24, 2.45) is 0 Å². The van der Waals surface area contributed by atoms with Gasteiger partial charge in [-0.1, -0.05) is 0 Å². The molecule has 8 heavy (non-hydrogen) atoms. The van der Waals surface area contributed by atoms with E-state index in [-0.39, 0.29) is 63.8 Å². The number of hydrogen-bond acceptors (Lipinski definition) is 3. The minimum absolute atomic E-state index is 0. The van der Waals surface area contributed by atoms with Crippen molar-refractivity contribution in [3.05, 3.63) is 0 Å². The summed E-state index contributed by atoms with van der Waals surface area (Å²) >= 11 is -5.50. The maximum absolute atomic E-state index is 8.70. The maximum atomic E-state index is 8.70. The molecule has 0 rings (SSSR count). The summed E-state index contributed by atoms with van der Waals surface area (Å²) in [6.45, 7) is 0. The number of hydrogen-bond donors (Lipinski definition) is 1. The second-order valence-electron chi connectivity index (χ2n) is 0.428. The molecule has 8 heteroatoms. The summed E-state index contributed by atoms with van der Waals surface area (Å²) in [5, 5.41) is 0. The molecule has 0 aliphatic heterocycles. The third-order valence-electron chi connectivity index (χ3n) is 0. The van der Waals surface area contributed by atoms with E-state index in [9.17, 15) is 0 Å². The second kappa shape index (κ2) is 8.98. The Kier molecular flexibility index (Phi) is 25.3. The zero-order valence-corrected chi connectivity index (χ0v) is 9.73. The average molecular weight is 182 g/mol. The molecule has 0 aromatic carbocycles. The molecule has 0 unspecified atom stereocenters. The van der Waals surface area contributed by atoms with Crippen LogP contribution in [0.3, 0.4) is 0 Å². The fourth-order valence-electron chi connectivity index (χ4n) is 0. The van der Waals surface area contributed by atoms with Crippen molar-refractivity contribution in [2.75, 3.05) is 0 Å². The molecule has 4 nitrogen and oxygen atoms in total. The van der Waals surface area contributed by atoms with Crippen molar-refractivity contribution in [3.63, 3.8) is 0 Å². The molecule has 40 valence electrons. The van der Waals surface area contributed by atoms with Crippen LogP contribution in [0.15, 0.2) is 0 Å². The van der Waals surface area contributed by atoms with Crippen LogP contribution in [0, 0.1) is 0 Å². The molecule has 0 fully saturated rings. The molecule has 0 spiro atoms. The third kappa shape index (κ3) is 99.0. The Morgan fingerprint density at radius 1 is 1.25 bits per heavy atom. The van der Waals surface area contributed by atoms with E-state index in [1.54, 1.807) is 0 Å². The van der Waals surface area contributed by atoms with Crippen LogP contribution in [0.5, 0.6) is 0 Å². The normalized spacial score (nSPS) is 7.25. The molecule has 0 saturated carbocycles. The summed E-state index contributed by atoms with van der Waals surface area (Å²) in [7, 11) is 0. The summed E-state index contributed by atoms with van der Waals surface area (Å²) in [5.74, 6) is 0. The summed E-state index contributed by atoms with van der Waals surface area (Å²) in [4.78, 5) is 0. The van der Waals surface area contributed by atoms with Gasteiger partial charge >= 0.3 is 88.7 Å². The Balaban J connectivity index is -0.0000000267. The first-order valence-corrected chi connectivity index (χ1v) is 2.81. The van der Waals surface area contributed by atoms with Gasteiger partial charge < -0.3 is 4.70 Å². The molecule has 0 bridgehead atoms. The van der Waals surface area contributed by atoms with Crippen LogP contribution in [0.2, 0.25) is 0 Å². The van der Waals surface area contributed by atoms with E-state index in [1.165, 1.54) is 0 Å². The molecule has 1 N–H and O–H groups in total. The molecule has 0 aliphatic rings. The van der Waals surface area contributed by atoms with Crippen molar-refractivity contribution in [1.82, 2.24) is 0 Å². The van der Waals surface area contributed by atoms with E-state index in [0.29, 0.717) is 0 Å². The van der Waals surface area contributed by atoms with E-state index in [1.807, 2.05) is 0 Å². The van der Waals surface area contributed by atoms with Crippen LogP contribution in [0.4, 0.5) is 0 Å². The van der Waals surface area contributed by atoms with Crippen LogP contribution in [-0.2, 0) is 21.2 Å². The fraction of sp³-hybridized carbons (Fsp3) is 0. The second-order valence-corrected chi connectivity index (χ2v) is 1.76. The zero-order valence-electron chi connectivity index (χ0n) is 4.46. The van der Waals surface area contributed by atoms with Gasteiger partial charge in [0.25, 0.3) is 0 Å². The summed E-state index contributed by atoms with van der Waals surface area (Å²) in [6, 6.07) is 0. The number of rotatable bonds is 0. The van der Waals surface area contributed by atoms with Crippen LogP contribution >= 0.6 is 0 Å². The Morgan fingerprint density at radius 2 is 1.25 bits per heavy atom. The molecular weight excluding hydrogens is 181 g/mol. The average Bonchev–Trinajstić information content (AvgIpc) is 0.722. The van der Waals surface area contributed by atoms with Gasteiger partial charge in [-0.2, -0.15) is 0 Å². The molecular formula is HCrFNa2O4. The minimum atomic E-state index is -5.50. The first kappa shape index (κ1) is 22.5. The molecule has 0 aromatic rings. The SMILES string of the molecule is [F-].[Na+].[Na+].[O]=[Cr](=[O])([O-])[OH]. The van der Waals surface area contributed by atoms with Crippen molar-refractivity contribution < 1.29 is 93.4 Å². The van der Waals surface area contributed by atoms with Crippen LogP contribution in [-0.4, -0.2) is 4.16 Å². The standard InChI is InChI=1S/Cr.FH.2Na.H2O.3O/h;1H;;;1H2;;;/q+1;;2*+1;;;;-1/p-2. The van der Waals surface area contributed by atoms with Crippen molar-refractivity contribution in [3.8, 4) is 0 Å². The molecule has 0 radical (unpaired) electrons. The molecule has 0 atom stereocenters. The van der Waals surface area contributed by atoms with Gasteiger partial charge in [0.15, 0.2) is 0 Å². The van der Waals surface area contributed by atoms with Gasteiger partial charge in [-0.05, 0) is 0 Å². The van der Waals surface area contributed by atoms with E-state index < -0.39 is 13.6 Å². The van der Waals surface area contributed by atoms with Crippen molar-refractivity contribution in [1.29, 1.82) is 0 Å². The monoisotopic (exact) mass is 182 g/mol. The van der Waals surface area contributed by atoms with E-state index in [4.69, 9.17) is 15.9 Å². The Labute approximate surface area is 92.0 Å². The Bertz CT molecular complexity index is 97.2. The topological polar surface area (TPSA) is 77.4 Å². The number of halogens is 1. The van der Waals surface area contributed by atoms with Crippen LogP contribution in [0.25, 0.3) is 0 Å². The molecule has 0 heterocycles. The zero-order chi connectivity index (χ0) is 4.50. The van der Waals surface area contributed by atoms with Gasteiger partial charge in [-0.15, -0.1) is 0 Å². The van der Waals surface area contributed by atoms with Gasteiger partial charge in [0.05, 0.1) is 0 Å². The van der Waals surface area contributed by atoms with Gasteiger partial charge in [0.1, 0.15) is 0 Å². The van der Waals surface area contributed by atoms with Crippen molar-refractivity contribution >= 4 is 0 Å². The third-order valence-corrected chi connectivity index (χ3v) is 0. The predicted octanol–water partition coefficient (Wildman–Crippen LogP) is -11.0. The van der Waals surface area contributed by atoms with Gasteiger partial charge in [0, 0.05) is 0 Å². The summed E-state index contributed by atoms with van der Waals surface area (Å²) < 4.78 is 33.1. The van der Waals surface area contributed by atoms with Crippen LogP contribution in [0.1, 0.15) is 0 Å². The molecule has 0 aliphatic carbocycles. The summed E-state index contributed by atoms with van der Waals surface area (Å²) in [6.07, 6.45) is 0. The molecule has 0 aromatic heterocycles. The van der Waals surface area contributed by atoms with Crippen LogP contribution < -0.4 is 68.0 Å². The first-order valence-electron chi connectivity index (χ1n) is 0.683. The quantitative estimate of drug-likeness (QED) is 0.377. The first-order chi connectivity index (χ1) is 2.00. The molecule has 0 amide bonds. The Morgan fingerprint density at radius 3 is 1.25 bits per heavy atom. The van der Waals surface area contributed by atoms with Crippen molar-refractivity contribution in [2.45, 2.75) is 0 Å².